The van der Waals surface area contributed by atoms with Gasteiger partial charge in [0.2, 0.25) is 0 Å². The first-order chi connectivity index (χ1) is 9.95. The molecule has 7 heteroatoms. The first-order valence-corrected chi connectivity index (χ1v) is 8.31. The van der Waals surface area contributed by atoms with Crippen LogP contribution >= 0.6 is 55.1 Å². The third-order valence-electron chi connectivity index (χ3n) is 3.14. The average Bonchev–Trinajstić information content (AvgIpc) is 2.68. The van der Waals surface area contributed by atoms with E-state index in [1.165, 1.54) is 0 Å². The van der Waals surface area contributed by atoms with E-state index in [2.05, 4.69) is 42.5 Å². The number of hydrogen-bond acceptors (Lipinski definition) is 2. The van der Waals surface area contributed by atoms with Crippen molar-refractivity contribution in [3.8, 4) is 0 Å². The fraction of sp³-hybridized carbons (Fsp3) is 0.0714. The molecule has 0 bridgehead atoms. The Bertz CT molecular complexity index is 729. The quantitative estimate of drug-likeness (QED) is 0.623. The van der Waals surface area contributed by atoms with Crippen LogP contribution in [0.15, 0.2) is 39.3 Å². The monoisotopic (exact) mass is 448 g/mol. The normalized spacial score (nSPS) is 16.6. The molecule has 108 valence electrons. The van der Waals surface area contributed by atoms with Crippen LogP contribution < -0.4 is 10.6 Å². The summed E-state index contributed by atoms with van der Waals surface area (Å²) < 4.78 is 1.69. The highest BCUT2D eigenvalue weighted by Gasteiger charge is 2.31. The molecule has 3 nitrogen and oxygen atoms in total. The van der Waals surface area contributed by atoms with Gasteiger partial charge >= 0.3 is 0 Å². The summed E-state index contributed by atoms with van der Waals surface area (Å²) in [6.45, 7) is 0. The van der Waals surface area contributed by atoms with Crippen molar-refractivity contribution in [1.29, 1.82) is 0 Å². The SMILES string of the molecule is O=C1Nc2cc(Br)ccc2C1Nc1c(Cl)cc(Br)cc1Cl. The van der Waals surface area contributed by atoms with Gasteiger partial charge in [0, 0.05) is 20.2 Å². The van der Waals surface area contributed by atoms with E-state index in [0.717, 1.165) is 20.2 Å². The van der Waals surface area contributed by atoms with E-state index in [1.807, 2.05) is 18.2 Å². The van der Waals surface area contributed by atoms with Crippen LogP contribution in [0.25, 0.3) is 0 Å². The molecular formula is C14H8Br2Cl2N2O. The van der Waals surface area contributed by atoms with Crippen molar-refractivity contribution in [3.63, 3.8) is 0 Å². The van der Waals surface area contributed by atoms with Crippen molar-refractivity contribution < 1.29 is 4.79 Å². The van der Waals surface area contributed by atoms with Gasteiger partial charge in [0.05, 0.1) is 15.7 Å². The van der Waals surface area contributed by atoms with Crippen LogP contribution in [0.2, 0.25) is 10.0 Å². The number of halogens is 4. The molecule has 2 N–H and O–H groups in total. The van der Waals surface area contributed by atoms with Gasteiger partial charge in [0.15, 0.2) is 0 Å². The predicted octanol–water partition coefficient (Wildman–Crippen LogP) is 5.62. The van der Waals surface area contributed by atoms with Crippen molar-refractivity contribution in [2.75, 3.05) is 10.6 Å². The molecule has 1 aliphatic heterocycles. The molecule has 0 radical (unpaired) electrons. The maximum atomic E-state index is 12.2. The molecule has 2 aromatic carbocycles. The molecule has 0 aliphatic carbocycles. The smallest absolute Gasteiger partial charge is 0.251 e. The number of benzene rings is 2. The number of fused-ring (bicyclic) bond motifs is 1. The molecule has 1 aliphatic rings. The molecule has 1 heterocycles. The van der Waals surface area contributed by atoms with Crippen molar-refractivity contribution >= 4 is 72.3 Å². The molecule has 2 aromatic rings. The van der Waals surface area contributed by atoms with Gasteiger partial charge in [-0.25, -0.2) is 0 Å². The highest BCUT2D eigenvalue weighted by atomic mass is 79.9. The Balaban J connectivity index is 1.99. The summed E-state index contributed by atoms with van der Waals surface area (Å²) in [5.41, 5.74) is 2.17. The number of rotatable bonds is 2. The minimum absolute atomic E-state index is 0.141. The lowest BCUT2D eigenvalue weighted by atomic mass is 10.1. The van der Waals surface area contributed by atoms with Crippen LogP contribution in [0.1, 0.15) is 11.6 Å². The molecule has 0 saturated heterocycles. The summed E-state index contributed by atoms with van der Waals surface area (Å²) >= 11 is 19.1. The number of amides is 1. The van der Waals surface area contributed by atoms with Crippen LogP contribution in [0, 0.1) is 0 Å². The fourth-order valence-electron chi connectivity index (χ4n) is 2.20. The lowest BCUT2D eigenvalue weighted by Gasteiger charge is -2.16. The van der Waals surface area contributed by atoms with Crippen molar-refractivity contribution in [2.24, 2.45) is 0 Å². The standard InChI is InChI=1S/C14H8Br2Cl2N2O/c15-6-1-2-8-11(5-6)19-14(21)12(8)20-13-9(17)3-7(16)4-10(13)18/h1-5,12,20H,(H,19,21). The highest BCUT2D eigenvalue weighted by Crippen LogP contribution is 2.40. The number of anilines is 2. The summed E-state index contributed by atoms with van der Waals surface area (Å²) in [5, 5.41) is 6.85. The molecule has 1 atom stereocenters. The van der Waals surface area contributed by atoms with Crippen molar-refractivity contribution in [1.82, 2.24) is 0 Å². The van der Waals surface area contributed by atoms with E-state index < -0.39 is 6.04 Å². The minimum Gasteiger partial charge on any atom is -0.368 e. The minimum atomic E-state index is -0.524. The highest BCUT2D eigenvalue weighted by molar-refractivity contribution is 9.10. The molecule has 3 rings (SSSR count). The van der Waals surface area contributed by atoms with Gasteiger partial charge in [-0.3, -0.25) is 4.79 Å². The summed E-state index contributed by atoms with van der Waals surface area (Å²) in [5.74, 6) is -0.141. The molecule has 0 spiro atoms. The zero-order chi connectivity index (χ0) is 15.1. The van der Waals surface area contributed by atoms with Crippen molar-refractivity contribution in [2.45, 2.75) is 6.04 Å². The fourth-order valence-corrected chi connectivity index (χ4v) is 3.88. The molecule has 0 saturated carbocycles. The molecule has 0 aromatic heterocycles. The summed E-state index contributed by atoms with van der Waals surface area (Å²) in [6, 6.07) is 8.56. The predicted molar refractivity (Wildman–Crippen MR) is 93.3 cm³/mol. The lowest BCUT2D eigenvalue weighted by Crippen LogP contribution is -2.20. The Kier molecular flexibility index (Phi) is 4.19. The van der Waals surface area contributed by atoms with E-state index in [1.54, 1.807) is 12.1 Å². The first-order valence-electron chi connectivity index (χ1n) is 5.97. The van der Waals surface area contributed by atoms with Gasteiger partial charge in [-0.2, -0.15) is 0 Å². The van der Waals surface area contributed by atoms with E-state index in [4.69, 9.17) is 23.2 Å². The van der Waals surface area contributed by atoms with Crippen molar-refractivity contribution in [3.05, 3.63) is 54.9 Å². The van der Waals surface area contributed by atoms with Crippen LogP contribution in [-0.4, -0.2) is 5.91 Å². The number of carbonyl (C=O) groups excluding carboxylic acids is 1. The summed E-state index contributed by atoms with van der Waals surface area (Å²) in [7, 11) is 0. The van der Waals surface area contributed by atoms with Gasteiger partial charge in [0.25, 0.3) is 5.91 Å². The number of carbonyl (C=O) groups is 1. The van der Waals surface area contributed by atoms with Crippen LogP contribution in [-0.2, 0) is 4.79 Å². The maximum Gasteiger partial charge on any atom is 0.251 e. The van der Waals surface area contributed by atoms with E-state index in [0.29, 0.717) is 15.7 Å². The van der Waals surface area contributed by atoms with Gasteiger partial charge < -0.3 is 10.6 Å². The Morgan fingerprint density at radius 3 is 2.38 bits per heavy atom. The van der Waals surface area contributed by atoms with Gasteiger partial charge in [0.1, 0.15) is 6.04 Å². The lowest BCUT2D eigenvalue weighted by molar-refractivity contribution is -0.116. The zero-order valence-electron chi connectivity index (χ0n) is 10.4. The first kappa shape index (κ1) is 15.2. The van der Waals surface area contributed by atoms with E-state index >= 15 is 0 Å². The van der Waals surface area contributed by atoms with Gasteiger partial charge in [-0.05, 0) is 24.3 Å². The number of hydrogen-bond donors (Lipinski definition) is 2. The van der Waals surface area contributed by atoms with Gasteiger partial charge in [-0.1, -0.05) is 61.1 Å². The summed E-state index contributed by atoms with van der Waals surface area (Å²) in [6.07, 6.45) is 0. The zero-order valence-corrected chi connectivity index (χ0v) is 15.1. The van der Waals surface area contributed by atoms with Crippen LogP contribution in [0.5, 0.6) is 0 Å². The average molecular weight is 451 g/mol. The second-order valence-corrected chi connectivity index (χ2v) is 7.19. The number of nitrogens with one attached hydrogen (secondary N) is 2. The maximum absolute atomic E-state index is 12.2. The summed E-state index contributed by atoms with van der Waals surface area (Å²) in [4.78, 5) is 12.2. The third kappa shape index (κ3) is 2.93. The van der Waals surface area contributed by atoms with Crippen LogP contribution in [0.4, 0.5) is 11.4 Å². The second kappa shape index (κ2) is 5.80. The topological polar surface area (TPSA) is 41.1 Å². The Morgan fingerprint density at radius 2 is 1.71 bits per heavy atom. The molecule has 21 heavy (non-hydrogen) atoms. The Labute approximate surface area is 148 Å². The second-order valence-electron chi connectivity index (χ2n) is 4.54. The molecule has 1 amide bonds. The van der Waals surface area contributed by atoms with E-state index in [-0.39, 0.29) is 5.91 Å². The largest absolute Gasteiger partial charge is 0.368 e. The van der Waals surface area contributed by atoms with Crippen LogP contribution in [0.3, 0.4) is 0 Å². The van der Waals surface area contributed by atoms with E-state index in [9.17, 15) is 4.79 Å². The molecular weight excluding hydrogens is 443 g/mol. The van der Waals surface area contributed by atoms with Gasteiger partial charge in [-0.15, -0.1) is 0 Å². The Morgan fingerprint density at radius 1 is 1.05 bits per heavy atom. The molecule has 1 unspecified atom stereocenters. The third-order valence-corrected chi connectivity index (χ3v) is 4.69. The Hall–Kier alpha value is -0.750. The molecule has 0 fully saturated rings.